The van der Waals surface area contributed by atoms with E-state index < -0.39 is 0 Å². The van der Waals surface area contributed by atoms with Crippen LogP contribution in [0.15, 0.2) is 91.0 Å². The minimum atomic E-state index is -0.154. The Kier molecular flexibility index (Phi) is 9.83. The molecule has 0 aliphatic heterocycles. The summed E-state index contributed by atoms with van der Waals surface area (Å²) in [5, 5.41) is 0. The number of rotatable bonds is 10. The van der Waals surface area contributed by atoms with Gasteiger partial charge in [0.1, 0.15) is 0 Å². The monoisotopic (exact) mass is 559 g/mol. The highest BCUT2D eigenvalue weighted by atomic mass is 16.2. The Balaban J connectivity index is 1.99. The van der Waals surface area contributed by atoms with Crippen molar-refractivity contribution in [3.05, 3.63) is 124 Å². The summed E-state index contributed by atoms with van der Waals surface area (Å²) in [5.74, 6) is 0.674. The van der Waals surface area contributed by atoms with Crippen LogP contribution < -0.4 is 4.90 Å². The van der Waals surface area contributed by atoms with Gasteiger partial charge in [-0.25, -0.2) is 0 Å². The maximum atomic E-state index is 15.0. The fraction of sp³-hybridized carbons (Fsp3) is 0.333. The van der Waals surface area contributed by atoms with E-state index in [0.29, 0.717) is 11.1 Å². The molecule has 0 aliphatic rings. The van der Waals surface area contributed by atoms with Crippen molar-refractivity contribution in [3.8, 4) is 11.1 Å². The highest BCUT2D eigenvalue weighted by Gasteiger charge is 2.30. The van der Waals surface area contributed by atoms with Crippen LogP contribution in [-0.4, -0.2) is 18.2 Å². The summed E-state index contributed by atoms with van der Waals surface area (Å²) in [4.78, 5) is 30.5. The number of hydrogen-bond donors (Lipinski definition) is 0. The molecule has 4 aromatic rings. The van der Waals surface area contributed by atoms with Crippen molar-refractivity contribution in [1.29, 1.82) is 0 Å². The Labute approximate surface area is 252 Å². The summed E-state index contributed by atoms with van der Waals surface area (Å²) >= 11 is 0. The van der Waals surface area contributed by atoms with Gasteiger partial charge in [0.15, 0.2) is 5.78 Å². The number of carbonyl (C=O) groups is 2. The van der Waals surface area contributed by atoms with Crippen LogP contribution in [-0.2, 0) is 0 Å². The Bertz CT molecular complexity index is 1490. The lowest BCUT2D eigenvalue weighted by atomic mass is 9.83. The zero-order valence-electron chi connectivity index (χ0n) is 26.4. The van der Waals surface area contributed by atoms with E-state index in [9.17, 15) is 9.59 Å². The molecule has 4 aromatic carbocycles. The molecule has 0 saturated carbocycles. The van der Waals surface area contributed by atoms with Crippen LogP contribution in [0, 0.1) is 0 Å². The van der Waals surface area contributed by atoms with Crippen LogP contribution in [0.25, 0.3) is 11.1 Å². The van der Waals surface area contributed by atoms with Crippen molar-refractivity contribution in [2.75, 3.05) is 11.4 Å². The van der Waals surface area contributed by atoms with E-state index in [1.165, 1.54) is 11.1 Å². The molecular weight excluding hydrogens is 514 g/mol. The Morgan fingerprint density at radius 2 is 1.00 bits per heavy atom. The second-order valence-corrected chi connectivity index (χ2v) is 12.4. The molecule has 0 bridgehead atoms. The number of nitrogens with zero attached hydrogens (tertiary/aromatic N) is 1. The topological polar surface area (TPSA) is 37.4 Å². The second-order valence-electron chi connectivity index (χ2n) is 12.4. The highest BCUT2D eigenvalue weighted by Crippen LogP contribution is 2.40. The van der Waals surface area contributed by atoms with Crippen LogP contribution in [0.4, 0.5) is 5.69 Å². The fourth-order valence-electron chi connectivity index (χ4n) is 5.83. The zero-order valence-corrected chi connectivity index (χ0v) is 26.4. The number of carbonyl (C=O) groups excluding carboxylic acids is 2. The lowest BCUT2D eigenvalue weighted by molar-refractivity contribution is 0.0937. The first-order valence-electron chi connectivity index (χ1n) is 15.3. The zero-order chi connectivity index (χ0) is 30.6. The van der Waals surface area contributed by atoms with E-state index in [1.54, 1.807) is 4.90 Å². The Hall–Kier alpha value is -3.98. The molecule has 0 heterocycles. The van der Waals surface area contributed by atoms with Gasteiger partial charge in [0, 0.05) is 11.1 Å². The molecule has 3 heteroatoms. The quantitative estimate of drug-likeness (QED) is 0.181. The predicted octanol–water partition coefficient (Wildman–Crippen LogP) is 10.4. The molecule has 0 atom stereocenters. The normalized spacial score (nSPS) is 11.5. The molecular formula is C39H45NO2. The molecule has 0 saturated heterocycles. The summed E-state index contributed by atoms with van der Waals surface area (Å²) in [6.45, 7) is 17.3. The average Bonchev–Trinajstić information content (AvgIpc) is 2.98. The summed E-state index contributed by atoms with van der Waals surface area (Å²) in [7, 11) is 0. The minimum absolute atomic E-state index is 0.0382. The largest absolute Gasteiger partial charge is 0.300 e. The van der Waals surface area contributed by atoms with Gasteiger partial charge in [-0.3, -0.25) is 14.5 Å². The van der Waals surface area contributed by atoms with Crippen molar-refractivity contribution < 1.29 is 9.59 Å². The van der Waals surface area contributed by atoms with E-state index in [-0.39, 0.29) is 41.9 Å². The fourth-order valence-corrected chi connectivity index (χ4v) is 5.83. The van der Waals surface area contributed by atoms with E-state index in [4.69, 9.17) is 0 Å². The van der Waals surface area contributed by atoms with Crippen LogP contribution in [0.5, 0.6) is 0 Å². The van der Waals surface area contributed by atoms with Crippen LogP contribution in [0.1, 0.15) is 122 Å². The molecule has 0 unspecified atom stereocenters. The maximum Gasteiger partial charge on any atom is 0.259 e. The van der Waals surface area contributed by atoms with Crippen LogP contribution in [0.3, 0.4) is 0 Å². The Morgan fingerprint density at radius 1 is 0.548 bits per heavy atom. The molecule has 0 aromatic heterocycles. The van der Waals surface area contributed by atoms with Gasteiger partial charge in [0.05, 0.1) is 12.2 Å². The van der Waals surface area contributed by atoms with Crippen molar-refractivity contribution in [3.63, 3.8) is 0 Å². The van der Waals surface area contributed by atoms with E-state index in [0.717, 1.165) is 27.9 Å². The molecule has 218 valence electrons. The average molecular weight is 560 g/mol. The standard InChI is InChI=1S/C39H45NO2/c1-25(2)30-20-14-21-31(26(3)4)37(30)34-18-12-13-19-35(34)39(42)40(24-36(41)29-16-10-9-11-17-29)38-32(27(5)6)22-15-23-33(38)28(7)8/h9-23,25-28H,24H2,1-8H3. The first-order chi connectivity index (χ1) is 20.0. The van der Waals surface area contributed by atoms with Gasteiger partial charge in [-0.1, -0.05) is 140 Å². The third kappa shape index (κ3) is 6.41. The summed E-state index contributed by atoms with van der Waals surface area (Å²) in [6.07, 6.45) is 0. The van der Waals surface area contributed by atoms with Gasteiger partial charge < -0.3 is 0 Å². The van der Waals surface area contributed by atoms with Crippen LogP contribution in [0.2, 0.25) is 0 Å². The summed E-state index contributed by atoms with van der Waals surface area (Å²) in [5.41, 5.74) is 8.69. The number of hydrogen-bond acceptors (Lipinski definition) is 2. The number of ketones is 1. The second kappa shape index (κ2) is 13.3. The van der Waals surface area contributed by atoms with Gasteiger partial charge >= 0.3 is 0 Å². The number of para-hydroxylation sites is 1. The van der Waals surface area contributed by atoms with Gasteiger partial charge in [-0.05, 0) is 63.1 Å². The first kappa shape index (κ1) is 31.0. The van der Waals surface area contributed by atoms with E-state index in [1.807, 2.05) is 48.5 Å². The molecule has 0 aliphatic carbocycles. The molecule has 1 amide bonds. The lowest BCUT2D eigenvalue weighted by Crippen LogP contribution is -2.38. The third-order valence-electron chi connectivity index (χ3n) is 8.05. The summed E-state index contributed by atoms with van der Waals surface area (Å²) in [6, 6.07) is 29.9. The van der Waals surface area contributed by atoms with Gasteiger partial charge in [0.2, 0.25) is 0 Å². The molecule has 0 spiro atoms. The number of anilines is 1. The molecule has 4 rings (SSSR count). The summed E-state index contributed by atoms with van der Waals surface area (Å²) < 4.78 is 0. The van der Waals surface area contributed by atoms with Gasteiger partial charge in [-0.15, -0.1) is 0 Å². The van der Waals surface area contributed by atoms with Gasteiger partial charge in [-0.2, -0.15) is 0 Å². The smallest absolute Gasteiger partial charge is 0.259 e. The van der Waals surface area contributed by atoms with E-state index in [2.05, 4.69) is 97.9 Å². The molecule has 3 nitrogen and oxygen atoms in total. The third-order valence-corrected chi connectivity index (χ3v) is 8.05. The van der Waals surface area contributed by atoms with Crippen LogP contribution >= 0.6 is 0 Å². The number of Topliss-reactive ketones (excluding diaryl/α,β-unsaturated/α-hetero) is 1. The predicted molar refractivity (Wildman–Crippen MR) is 177 cm³/mol. The van der Waals surface area contributed by atoms with Crippen molar-refractivity contribution in [2.24, 2.45) is 0 Å². The maximum absolute atomic E-state index is 15.0. The molecule has 0 radical (unpaired) electrons. The Morgan fingerprint density at radius 3 is 1.50 bits per heavy atom. The molecule has 0 fully saturated rings. The molecule has 42 heavy (non-hydrogen) atoms. The van der Waals surface area contributed by atoms with Crippen molar-refractivity contribution in [1.82, 2.24) is 0 Å². The molecule has 0 N–H and O–H groups in total. The van der Waals surface area contributed by atoms with Crippen molar-refractivity contribution >= 4 is 17.4 Å². The first-order valence-corrected chi connectivity index (χ1v) is 15.3. The van der Waals surface area contributed by atoms with Gasteiger partial charge in [0.25, 0.3) is 5.91 Å². The lowest BCUT2D eigenvalue weighted by Gasteiger charge is -2.31. The SMILES string of the molecule is CC(C)c1cccc(C(C)C)c1-c1ccccc1C(=O)N(CC(=O)c1ccccc1)c1c(C(C)C)cccc1C(C)C. The van der Waals surface area contributed by atoms with E-state index >= 15 is 0 Å². The number of benzene rings is 4. The number of amides is 1. The van der Waals surface area contributed by atoms with Crippen molar-refractivity contribution in [2.45, 2.75) is 79.1 Å². The highest BCUT2D eigenvalue weighted by molar-refractivity contribution is 6.15. The minimum Gasteiger partial charge on any atom is -0.300 e.